The van der Waals surface area contributed by atoms with Gasteiger partial charge >= 0.3 is 248 Å². The van der Waals surface area contributed by atoms with Gasteiger partial charge in [0.25, 0.3) is 0 Å². The molecule has 2 atom stereocenters. The molecule has 0 saturated carbocycles. The summed E-state index contributed by atoms with van der Waals surface area (Å²) in [6.07, 6.45) is 5.05. The fourth-order valence-electron chi connectivity index (χ4n) is 6.32. The first-order chi connectivity index (χ1) is 18.7. The Morgan fingerprint density at radius 1 is 0.610 bits per heavy atom. The first kappa shape index (κ1) is 31.8. The minimum atomic E-state index is -0.917. The Morgan fingerprint density at radius 2 is 1.15 bits per heavy atom. The van der Waals surface area contributed by atoms with Gasteiger partial charge in [-0.3, -0.25) is 0 Å². The largest absolute Gasteiger partial charge is 1.00 e. The van der Waals surface area contributed by atoms with Gasteiger partial charge < -0.3 is 24.8 Å². The minimum absolute atomic E-state index is 0. The summed E-state index contributed by atoms with van der Waals surface area (Å²) in [6.45, 7) is 14.0. The number of hydrogen-bond acceptors (Lipinski definition) is 0. The Balaban J connectivity index is 0.00000194. The van der Waals surface area contributed by atoms with Crippen LogP contribution in [0.3, 0.4) is 0 Å². The first-order valence-corrected chi connectivity index (χ1v) is 17.1. The molecule has 0 bridgehead atoms. The van der Waals surface area contributed by atoms with E-state index < -0.39 is 23.2 Å². The molecule has 0 nitrogen and oxygen atoms in total. The number of fused-ring (bicyclic) bond motifs is 2. The number of benzene rings is 4. The van der Waals surface area contributed by atoms with Gasteiger partial charge in [0.05, 0.1) is 0 Å². The molecule has 4 aromatic rings. The van der Waals surface area contributed by atoms with Gasteiger partial charge in [0.15, 0.2) is 0 Å². The van der Waals surface area contributed by atoms with Crippen LogP contribution in [0.1, 0.15) is 76.6 Å². The average Bonchev–Trinajstić information content (AvgIpc) is 3.46. The van der Waals surface area contributed by atoms with Crippen LogP contribution in [-0.2, 0) is 28.6 Å². The van der Waals surface area contributed by atoms with Crippen molar-refractivity contribution in [2.45, 2.75) is 54.2 Å². The number of hydrogen-bond donors (Lipinski definition) is 0. The molecule has 0 radical (unpaired) electrons. The summed E-state index contributed by atoms with van der Waals surface area (Å²) in [5, 5.41) is 0. The van der Waals surface area contributed by atoms with Crippen molar-refractivity contribution >= 4 is 12.2 Å². The summed E-state index contributed by atoms with van der Waals surface area (Å²) in [5.41, 5.74) is 16.2. The minimum Gasteiger partial charge on any atom is -1.00 e. The fraction of sp³-hybridized carbons (Fsp3) is 0.263. The van der Waals surface area contributed by atoms with Crippen LogP contribution in [0.5, 0.6) is 0 Å². The van der Waals surface area contributed by atoms with Gasteiger partial charge in [-0.15, -0.1) is 0 Å². The van der Waals surface area contributed by atoms with Gasteiger partial charge in [-0.2, -0.15) is 0 Å². The molecule has 0 N–H and O–H groups in total. The Kier molecular flexibility index (Phi) is 9.75. The van der Waals surface area contributed by atoms with Gasteiger partial charge in [0.2, 0.25) is 0 Å². The van der Waals surface area contributed by atoms with E-state index in [1.807, 2.05) is 0 Å². The van der Waals surface area contributed by atoms with Crippen LogP contribution >= 0.6 is 0 Å². The van der Waals surface area contributed by atoms with Gasteiger partial charge in [0.1, 0.15) is 0 Å². The number of halogens is 2. The topological polar surface area (TPSA) is 0 Å². The van der Waals surface area contributed by atoms with E-state index in [9.17, 15) is 0 Å². The molecule has 0 aliphatic heterocycles. The van der Waals surface area contributed by atoms with E-state index in [0.29, 0.717) is 13.2 Å². The third-order valence-electron chi connectivity index (χ3n) is 8.52. The van der Waals surface area contributed by atoms with E-state index in [1.165, 1.54) is 38.9 Å². The van der Waals surface area contributed by atoms with Crippen molar-refractivity contribution in [2.75, 3.05) is 0 Å². The predicted molar refractivity (Wildman–Crippen MR) is 164 cm³/mol. The molecule has 4 aromatic carbocycles. The quantitative estimate of drug-likeness (QED) is 0.294. The van der Waals surface area contributed by atoms with Crippen LogP contribution in [-0.4, -0.2) is 0 Å². The molecule has 2 aliphatic rings. The molecule has 0 heterocycles. The van der Waals surface area contributed by atoms with Gasteiger partial charge in [-0.1, -0.05) is 0 Å². The number of rotatable bonds is 5. The van der Waals surface area contributed by atoms with E-state index in [-0.39, 0.29) is 30.2 Å². The fourth-order valence-corrected chi connectivity index (χ4v) is 11.6. The van der Waals surface area contributed by atoms with E-state index in [1.54, 1.807) is 22.3 Å². The second-order valence-corrected chi connectivity index (χ2v) is 16.2. The van der Waals surface area contributed by atoms with Crippen LogP contribution in [0.4, 0.5) is 0 Å². The molecule has 0 saturated heterocycles. The second kappa shape index (κ2) is 12.6. The Hall–Kier alpha value is -2.18. The molecule has 0 spiro atoms. The van der Waals surface area contributed by atoms with Crippen LogP contribution in [0.25, 0.3) is 34.4 Å². The van der Waals surface area contributed by atoms with E-state index in [0.717, 1.165) is 0 Å². The van der Waals surface area contributed by atoms with Crippen LogP contribution in [0, 0.1) is 5.92 Å². The molecular weight excluding hydrogens is 619 g/mol. The van der Waals surface area contributed by atoms with E-state index in [2.05, 4.69) is 145 Å². The monoisotopic (exact) mass is 654 g/mol. The van der Waals surface area contributed by atoms with Crippen molar-refractivity contribution in [1.29, 1.82) is 0 Å². The summed E-state index contributed by atoms with van der Waals surface area (Å²) in [7, 11) is 0. The molecule has 0 aromatic heterocycles. The summed E-state index contributed by atoms with van der Waals surface area (Å²) in [6, 6.07) is 34.2. The maximum Gasteiger partial charge on any atom is -1.00 e. The molecule has 41 heavy (non-hydrogen) atoms. The van der Waals surface area contributed by atoms with Gasteiger partial charge in [0, 0.05) is 0 Å². The Morgan fingerprint density at radius 3 is 1.71 bits per heavy atom. The molecule has 0 fully saturated rings. The zero-order chi connectivity index (χ0) is 27.3. The summed E-state index contributed by atoms with van der Waals surface area (Å²) >= 11 is -0.917. The zero-order valence-corrected chi connectivity index (χ0v) is 28.8. The van der Waals surface area contributed by atoms with Crippen LogP contribution < -0.4 is 24.8 Å². The summed E-state index contributed by atoms with van der Waals surface area (Å²) < 4.78 is 1.22. The summed E-state index contributed by atoms with van der Waals surface area (Å²) in [5.74, 6) is 0.560. The smallest absolute Gasteiger partial charge is 1.00 e. The average molecular weight is 657 g/mol. The molecule has 3 heteroatoms. The van der Waals surface area contributed by atoms with Gasteiger partial charge in [-0.25, -0.2) is 0 Å². The molecule has 2 aliphatic carbocycles. The van der Waals surface area contributed by atoms with Crippen molar-refractivity contribution in [3.63, 3.8) is 0 Å². The van der Waals surface area contributed by atoms with Crippen molar-refractivity contribution in [2.24, 2.45) is 5.92 Å². The van der Waals surface area contributed by atoms with Crippen LogP contribution in [0.2, 0.25) is 0 Å². The van der Waals surface area contributed by atoms with Crippen molar-refractivity contribution < 1.29 is 48.0 Å². The first-order valence-electron chi connectivity index (χ1n) is 14.3. The molecule has 6 rings (SSSR count). The zero-order valence-electron chi connectivity index (χ0n) is 24.8. The summed E-state index contributed by atoms with van der Waals surface area (Å²) in [4.78, 5) is 0. The normalized spacial score (nSPS) is 17.0. The van der Waals surface area contributed by atoms with Crippen molar-refractivity contribution in [1.82, 2.24) is 0 Å². The number of allylic oxidation sites excluding steroid dienone is 2. The maximum absolute atomic E-state index is 2.55. The molecule has 208 valence electrons. The SMILES string of the molecule is CC1=Cc2c(-c3ccc(C(C)(C)C)cc3)cccc2[CH]1[Zr+2][CH]1C(C(C)C)=Cc2c(-c3ccccc3)cccc21.[Cl-].[Cl-]. The Labute approximate surface area is 270 Å². The van der Waals surface area contributed by atoms with E-state index >= 15 is 0 Å². The van der Waals surface area contributed by atoms with Crippen molar-refractivity contribution in [3.05, 3.63) is 130 Å². The van der Waals surface area contributed by atoms with E-state index in [4.69, 9.17) is 0 Å². The van der Waals surface area contributed by atoms with Crippen LogP contribution in [0.15, 0.2) is 102 Å². The molecular formula is C38H38Cl2Zr. The van der Waals surface area contributed by atoms with Gasteiger partial charge in [-0.05, 0) is 0 Å². The Bertz CT molecular complexity index is 1590. The molecule has 2 unspecified atom stereocenters. The third kappa shape index (κ3) is 6.02. The standard InChI is InChI=1S/C20H21.C18H17.2ClH.Zr/c1-14-12-16-6-5-7-18(19(16)13-14)15-8-10-17(11-9-15)20(2,3)4;1-13(2)16-11-15-9-6-10-17(18(15)12-16)14-7-4-3-5-8-14;;;/h5-13H,1-4H3;3-13H,1-2H3;2*1H;/q;;;;+2/p-2. The third-order valence-corrected chi connectivity index (χ3v) is 13.6. The second-order valence-electron chi connectivity index (χ2n) is 12.5. The predicted octanol–water partition coefficient (Wildman–Crippen LogP) is 4.66. The van der Waals surface area contributed by atoms with Crippen molar-refractivity contribution in [3.8, 4) is 22.3 Å². The molecule has 0 amide bonds. The maximum atomic E-state index is 2.55.